The van der Waals surface area contributed by atoms with Crippen LogP contribution < -0.4 is 5.32 Å². The highest BCUT2D eigenvalue weighted by molar-refractivity contribution is 5.53. The minimum absolute atomic E-state index is 0.233. The van der Waals surface area contributed by atoms with Gasteiger partial charge in [-0.1, -0.05) is 6.92 Å². The fourth-order valence-electron chi connectivity index (χ4n) is 1.59. The first-order chi connectivity index (χ1) is 8.70. The van der Waals surface area contributed by atoms with E-state index in [1.54, 1.807) is 19.1 Å². The first kappa shape index (κ1) is 12.7. The minimum Gasteiger partial charge on any atom is -0.419 e. The van der Waals surface area contributed by atoms with Crippen molar-refractivity contribution in [1.82, 2.24) is 15.5 Å². The number of aryl methyl sites for hydroxylation is 1. The van der Waals surface area contributed by atoms with Crippen molar-refractivity contribution in [3.63, 3.8) is 0 Å². The standard InChI is InChI=1S/C13H16FN3O/c1-3-6-15-8-12-16-17-13(18-12)10-4-5-11(14)9(2)7-10/h4-5,7,15H,3,6,8H2,1-2H3. The van der Waals surface area contributed by atoms with Gasteiger partial charge in [0.25, 0.3) is 0 Å². The molecule has 0 bridgehead atoms. The van der Waals surface area contributed by atoms with Crippen molar-refractivity contribution in [3.05, 3.63) is 35.5 Å². The van der Waals surface area contributed by atoms with Crippen LogP contribution in [0.2, 0.25) is 0 Å². The molecule has 0 radical (unpaired) electrons. The lowest BCUT2D eigenvalue weighted by molar-refractivity contribution is 0.477. The number of hydrogen-bond donors (Lipinski definition) is 1. The molecule has 0 aliphatic carbocycles. The highest BCUT2D eigenvalue weighted by Gasteiger charge is 2.09. The molecule has 0 unspecified atom stereocenters. The Morgan fingerprint density at radius 2 is 2.17 bits per heavy atom. The van der Waals surface area contributed by atoms with Crippen LogP contribution in [0.4, 0.5) is 4.39 Å². The average molecular weight is 249 g/mol. The summed E-state index contributed by atoms with van der Waals surface area (Å²) < 4.78 is 18.7. The van der Waals surface area contributed by atoms with E-state index < -0.39 is 0 Å². The van der Waals surface area contributed by atoms with Crippen molar-refractivity contribution in [1.29, 1.82) is 0 Å². The molecule has 1 N–H and O–H groups in total. The summed E-state index contributed by atoms with van der Waals surface area (Å²) in [5.74, 6) is 0.731. The lowest BCUT2D eigenvalue weighted by atomic mass is 10.1. The highest BCUT2D eigenvalue weighted by Crippen LogP contribution is 2.20. The van der Waals surface area contributed by atoms with Crippen LogP contribution in [0.1, 0.15) is 24.8 Å². The second-order valence-electron chi connectivity index (χ2n) is 4.14. The second kappa shape index (κ2) is 5.73. The van der Waals surface area contributed by atoms with Crippen molar-refractivity contribution in [2.75, 3.05) is 6.54 Å². The molecule has 2 rings (SSSR count). The van der Waals surface area contributed by atoms with E-state index in [4.69, 9.17) is 4.42 Å². The van der Waals surface area contributed by atoms with Gasteiger partial charge in [0.2, 0.25) is 11.8 Å². The third kappa shape index (κ3) is 2.92. The maximum Gasteiger partial charge on any atom is 0.247 e. The molecule has 0 fully saturated rings. The number of aromatic nitrogens is 2. The summed E-state index contributed by atoms with van der Waals surface area (Å²) in [5, 5.41) is 11.1. The van der Waals surface area contributed by atoms with Gasteiger partial charge < -0.3 is 9.73 Å². The van der Waals surface area contributed by atoms with Crippen molar-refractivity contribution in [3.8, 4) is 11.5 Å². The maximum absolute atomic E-state index is 13.1. The maximum atomic E-state index is 13.1. The van der Waals surface area contributed by atoms with Crippen LogP contribution in [0, 0.1) is 12.7 Å². The molecule has 0 aliphatic heterocycles. The number of nitrogens with zero attached hydrogens (tertiary/aromatic N) is 2. The predicted molar refractivity (Wildman–Crippen MR) is 66.4 cm³/mol. The Hall–Kier alpha value is -1.75. The zero-order valence-electron chi connectivity index (χ0n) is 10.5. The number of nitrogens with one attached hydrogen (secondary N) is 1. The summed E-state index contributed by atoms with van der Waals surface area (Å²) >= 11 is 0. The smallest absolute Gasteiger partial charge is 0.247 e. The molecule has 96 valence electrons. The van der Waals surface area contributed by atoms with Crippen LogP contribution in [0.25, 0.3) is 11.5 Å². The lowest BCUT2D eigenvalue weighted by Gasteiger charge is -1.99. The Balaban J connectivity index is 2.11. The normalized spacial score (nSPS) is 10.8. The molecule has 0 aliphatic rings. The summed E-state index contributed by atoms with van der Waals surface area (Å²) in [6.45, 7) is 5.26. The molecule has 0 saturated heterocycles. The Labute approximate surface area is 105 Å². The molecule has 18 heavy (non-hydrogen) atoms. The van der Waals surface area contributed by atoms with Gasteiger partial charge in [-0.2, -0.15) is 0 Å². The Bertz CT molecular complexity index is 525. The Morgan fingerprint density at radius 3 is 2.89 bits per heavy atom. The third-order valence-electron chi connectivity index (χ3n) is 2.57. The number of benzene rings is 1. The van der Waals surface area contributed by atoms with E-state index in [1.165, 1.54) is 6.07 Å². The van der Waals surface area contributed by atoms with Crippen LogP contribution in [0.5, 0.6) is 0 Å². The summed E-state index contributed by atoms with van der Waals surface area (Å²) in [6, 6.07) is 4.75. The van der Waals surface area contributed by atoms with Gasteiger partial charge in [0.15, 0.2) is 0 Å². The minimum atomic E-state index is -0.233. The van der Waals surface area contributed by atoms with Gasteiger partial charge in [-0.05, 0) is 43.7 Å². The van der Waals surface area contributed by atoms with Gasteiger partial charge in [-0.25, -0.2) is 4.39 Å². The molecule has 5 heteroatoms. The van der Waals surface area contributed by atoms with Crippen molar-refractivity contribution < 1.29 is 8.81 Å². The van der Waals surface area contributed by atoms with Crippen LogP contribution in [-0.4, -0.2) is 16.7 Å². The first-order valence-corrected chi connectivity index (χ1v) is 6.00. The second-order valence-corrected chi connectivity index (χ2v) is 4.14. The number of rotatable bonds is 5. The average Bonchev–Trinajstić information content (AvgIpc) is 2.82. The summed E-state index contributed by atoms with van der Waals surface area (Å²) in [6.07, 6.45) is 1.05. The van der Waals surface area contributed by atoms with E-state index in [2.05, 4.69) is 22.4 Å². The number of hydrogen-bond acceptors (Lipinski definition) is 4. The molecule has 1 aromatic carbocycles. The van der Waals surface area contributed by atoms with Crippen molar-refractivity contribution in [2.45, 2.75) is 26.8 Å². The van der Waals surface area contributed by atoms with Crippen LogP contribution in [0.15, 0.2) is 22.6 Å². The zero-order chi connectivity index (χ0) is 13.0. The Morgan fingerprint density at radius 1 is 1.33 bits per heavy atom. The summed E-state index contributed by atoms with van der Waals surface area (Å²) in [7, 11) is 0. The van der Waals surface area contributed by atoms with E-state index >= 15 is 0 Å². The monoisotopic (exact) mass is 249 g/mol. The summed E-state index contributed by atoms with van der Waals surface area (Å²) in [4.78, 5) is 0. The molecule has 1 aromatic heterocycles. The quantitative estimate of drug-likeness (QED) is 0.828. The van der Waals surface area contributed by atoms with Gasteiger partial charge in [0.1, 0.15) is 5.82 Å². The van der Waals surface area contributed by atoms with Gasteiger partial charge in [0.05, 0.1) is 6.54 Å². The SMILES string of the molecule is CCCNCc1nnc(-c2ccc(F)c(C)c2)o1. The van der Waals surface area contributed by atoms with Gasteiger partial charge in [0, 0.05) is 5.56 Å². The van der Waals surface area contributed by atoms with E-state index in [0.717, 1.165) is 18.5 Å². The molecule has 2 aromatic rings. The lowest BCUT2D eigenvalue weighted by Crippen LogP contribution is -2.13. The predicted octanol–water partition coefficient (Wildman–Crippen LogP) is 2.68. The molecule has 0 atom stereocenters. The Kier molecular flexibility index (Phi) is 4.04. The van der Waals surface area contributed by atoms with E-state index in [1.807, 2.05) is 0 Å². The van der Waals surface area contributed by atoms with E-state index in [0.29, 0.717) is 23.9 Å². The van der Waals surface area contributed by atoms with Crippen LogP contribution in [-0.2, 0) is 6.54 Å². The molecule has 0 spiro atoms. The van der Waals surface area contributed by atoms with Crippen LogP contribution in [0.3, 0.4) is 0 Å². The molecule has 4 nitrogen and oxygen atoms in total. The third-order valence-corrected chi connectivity index (χ3v) is 2.57. The fraction of sp³-hybridized carbons (Fsp3) is 0.385. The van der Waals surface area contributed by atoms with E-state index in [9.17, 15) is 4.39 Å². The molecular weight excluding hydrogens is 233 g/mol. The zero-order valence-corrected chi connectivity index (χ0v) is 10.5. The topological polar surface area (TPSA) is 51.0 Å². The van der Waals surface area contributed by atoms with Gasteiger partial charge in [-0.15, -0.1) is 10.2 Å². The van der Waals surface area contributed by atoms with Crippen molar-refractivity contribution >= 4 is 0 Å². The van der Waals surface area contributed by atoms with Gasteiger partial charge in [-0.3, -0.25) is 0 Å². The molecule has 0 saturated carbocycles. The summed E-state index contributed by atoms with van der Waals surface area (Å²) in [5.41, 5.74) is 1.31. The largest absolute Gasteiger partial charge is 0.419 e. The van der Waals surface area contributed by atoms with Gasteiger partial charge >= 0.3 is 0 Å². The molecule has 1 heterocycles. The highest BCUT2D eigenvalue weighted by atomic mass is 19.1. The number of halogens is 1. The first-order valence-electron chi connectivity index (χ1n) is 6.00. The molecule has 0 amide bonds. The molecular formula is C13H16FN3O. The van der Waals surface area contributed by atoms with Crippen molar-refractivity contribution in [2.24, 2.45) is 0 Å². The van der Waals surface area contributed by atoms with Crippen LogP contribution >= 0.6 is 0 Å². The van der Waals surface area contributed by atoms with E-state index in [-0.39, 0.29) is 5.82 Å². The fourth-order valence-corrected chi connectivity index (χ4v) is 1.59.